The highest BCUT2D eigenvalue weighted by Gasteiger charge is 2.33. The van der Waals surface area contributed by atoms with E-state index in [4.69, 9.17) is 8.83 Å². The normalized spacial score (nSPS) is 15.6. The van der Waals surface area contributed by atoms with Gasteiger partial charge in [-0.25, -0.2) is 0 Å². The van der Waals surface area contributed by atoms with Crippen molar-refractivity contribution in [3.63, 3.8) is 0 Å². The van der Waals surface area contributed by atoms with E-state index in [1.807, 2.05) is 18.2 Å². The summed E-state index contributed by atoms with van der Waals surface area (Å²) in [6, 6.07) is 14.8. The second-order valence-electron chi connectivity index (χ2n) is 8.16. The first-order valence-corrected chi connectivity index (χ1v) is 12.6. The first-order chi connectivity index (χ1) is 17.1. The van der Waals surface area contributed by atoms with E-state index in [0.717, 1.165) is 14.9 Å². The van der Waals surface area contributed by atoms with Crippen molar-refractivity contribution in [2.24, 2.45) is 0 Å². The first kappa shape index (κ1) is 22.1. The molecule has 1 fully saturated rings. The molecule has 0 unspecified atom stereocenters. The van der Waals surface area contributed by atoms with Gasteiger partial charge in [-0.15, -0.1) is 5.10 Å². The van der Waals surface area contributed by atoms with Crippen LogP contribution in [0.25, 0.3) is 16.5 Å². The van der Waals surface area contributed by atoms with E-state index in [1.165, 1.54) is 22.1 Å². The lowest BCUT2D eigenvalue weighted by molar-refractivity contribution is 0.0568. The van der Waals surface area contributed by atoms with Crippen LogP contribution in [-0.4, -0.2) is 61.6 Å². The number of amides is 1. The van der Waals surface area contributed by atoms with Gasteiger partial charge in [0.2, 0.25) is 16.7 Å². The quantitative estimate of drug-likeness (QED) is 0.337. The molecule has 4 aromatic heterocycles. The zero-order valence-electron chi connectivity index (χ0n) is 18.4. The fourth-order valence-electron chi connectivity index (χ4n) is 4.38. The Kier molecular flexibility index (Phi) is 5.67. The average Bonchev–Trinajstić information content (AvgIpc) is 3.67. The SMILES string of the molecule is O=C(c1ccco1)N1CCN([C@@H](c2cccc(Br)c2)c2sc3nc(-c4ccco4)nn3c2O)CC1. The third kappa shape index (κ3) is 4.05. The highest BCUT2D eigenvalue weighted by Crippen LogP contribution is 2.41. The topological polar surface area (TPSA) is 100 Å². The lowest BCUT2D eigenvalue weighted by Gasteiger charge is -2.38. The minimum atomic E-state index is -0.228. The Balaban J connectivity index is 1.33. The number of benzene rings is 1. The van der Waals surface area contributed by atoms with E-state index in [-0.39, 0.29) is 17.8 Å². The van der Waals surface area contributed by atoms with E-state index in [0.29, 0.717) is 48.5 Å². The minimum absolute atomic E-state index is 0.0503. The number of aromatic hydroxyl groups is 1. The number of halogens is 1. The van der Waals surface area contributed by atoms with Crippen LogP contribution < -0.4 is 0 Å². The number of carbonyl (C=O) groups is 1. The lowest BCUT2D eigenvalue weighted by Crippen LogP contribution is -2.49. The Labute approximate surface area is 212 Å². The van der Waals surface area contributed by atoms with Gasteiger partial charge in [0.05, 0.1) is 23.4 Å². The van der Waals surface area contributed by atoms with Crippen LogP contribution in [0.1, 0.15) is 27.0 Å². The molecular formula is C24H20BrN5O4S. The van der Waals surface area contributed by atoms with Crippen LogP contribution >= 0.6 is 27.3 Å². The summed E-state index contributed by atoms with van der Waals surface area (Å²) in [7, 11) is 0. The Hall–Kier alpha value is -3.41. The number of thiazole rings is 1. The summed E-state index contributed by atoms with van der Waals surface area (Å²) >= 11 is 4.97. The molecule has 5 heterocycles. The summed E-state index contributed by atoms with van der Waals surface area (Å²) in [5, 5.41) is 15.7. The lowest BCUT2D eigenvalue weighted by atomic mass is 10.0. The highest BCUT2D eigenvalue weighted by atomic mass is 79.9. The molecule has 0 radical (unpaired) electrons. The number of hydrogen-bond donors (Lipinski definition) is 1. The van der Waals surface area contributed by atoms with E-state index in [1.54, 1.807) is 35.4 Å². The summed E-state index contributed by atoms with van der Waals surface area (Å²) < 4.78 is 13.1. The van der Waals surface area contributed by atoms with Crippen molar-refractivity contribution in [3.8, 4) is 17.5 Å². The Morgan fingerprint density at radius 3 is 2.54 bits per heavy atom. The number of fused-ring (bicyclic) bond motifs is 1. The molecule has 1 N–H and O–H groups in total. The van der Waals surface area contributed by atoms with Gasteiger partial charge in [0.1, 0.15) is 0 Å². The van der Waals surface area contributed by atoms with Gasteiger partial charge in [-0.3, -0.25) is 9.69 Å². The van der Waals surface area contributed by atoms with Gasteiger partial charge < -0.3 is 18.8 Å². The molecule has 11 heteroatoms. The van der Waals surface area contributed by atoms with E-state index in [2.05, 4.69) is 37.0 Å². The molecule has 0 aliphatic carbocycles. The smallest absolute Gasteiger partial charge is 0.289 e. The van der Waals surface area contributed by atoms with Crippen LogP contribution in [0.5, 0.6) is 5.88 Å². The average molecular weight is 554 g/mol. The third-order valence-corrected chi connectivity index (χ3v) is 7.62. The number of furan rings is 2. The second kappa shape index (κ2) is 8.99. The van der Waals surface area contributed by atoms with Gasteiger partial charge in [-0.05, 0) is 42.0 Å². The molecule has 9 nitrogen and oxygen atoms in total. The molecule has 0 saturated carbocycles. The number of nitrogens with zero attached hydrogens (tertiary/aromatic N) is 5. The van der Waals surface area contributed by atoms with Crippen molar-refractivity contribution in [3.05, 3.63) is 81.7 Å². The van der Waals surface area contributed by atoms with Crippen LogP contribution in [0.4, 0.5) is 0 Å². The molecule has 1 aromatic carbocycles. The molecular weight excluding hydrogens is 534 g/mol. The van der Waals surface area contributed by atoms with Crippen molar-refractivity contribution in [1.29, 1.82) is 0 Å². The monoisotopic (exact) mass is 553 g/mol. The molecule has 1 aliphatic heterocycles. The third-order valence-electron chi connectivity index (χ3n) is 6.05. The van der Waals surface area contributed by atoms with Gasteiger partial charge in [0, 0.05) is 30.7 Å². The van der Waals surface area contributed by atoms with Gasteiger partial charge >= 0.3 is 0 Å². The van der Waals surface area contributed by atoms with Crippen LogP contribution in [0.3, 0.4) is 0 Å². The minimum Gasteiger partial charge on any atom is -0.492 e. The fraction of sp³-hybridized carbons (Fsp3) is 0.208. The van der Waals surface area contributed by atoms with Gasteiger partial charge in [-0.1, -0.05) is 39.4 Å². The zero-order valence-corrected chi connectivity index (χ0v) is 20.8. The molecule has 0 bridgehead atoms. The van der Waals surface area contributed by atoms with Crippen molar-refractivity contribution < 1.29 is 18.7 Å². The maximum absolute atomic E-state index is 12.7. The number of rotatable bonds is 5. The van der Waals surface area contributed by atoms with Crippen molar-refractivity contribution in [2.75, 3.05) is 26.2 Å². The molecule has 35 heavy (non-hydrogen) atoms. The zero-order chi connectivity index (χ0) is 23.9. The summed E-state index contributed by atoms with van der Waals surface area (Å²) in [4.78, 5) is 22.7. The Morgan fingerprint density at radius 1 is 1.06 bits per heavy atom. The van der Waals surface area contributed by atoms with Crippen LogP contribution in [0.2, 0.25) is 0 Å². The summed E-state index contributed by atoms with van der Waals surface area (Å²) in [5.41, 5.74) is 1.02. The van der Waals surface area contributed by atoms with Gasteiger partial charge in [0.25, 0.3) is 5.91 Å². The summed E-state index contributed by atoms with van der Waals surface area (Å²) in [6.07, 6.45) is 3.07. The number of hydrogen-bond acceptors (Lipinski definition) is 8. The molecule has 178 valence electrons. The molecule has 0 spiro atoms. The van der Waals surface area contributed by atoms with Crippen molar-refractivity contribution in [1.82, 2.24) is 24.4 Å². The predicted molar refractivity (Wildman–Crippen MR) is 132 cm³/mol. The maximum Gasteiger partial charge on any atom is 0.289 e. The molecule has 1 atom stereocenters. The molecule has 1 saturated heterocycles. The highest BCUT2D eigenvalue weighted by molar-refractivity contribution is 9.10. The van der Waals surface area contributed by atoms with Crippen LogP contribution in [0, 0.1) is 0 Å². The van der Waals surface area contributed by atoms with Crippen LogP contribution in [0.15, 0.2) is 74.4 Å². The van der Waals surface area contributed by atoms with Gasteiger partial charge in [-0.2, -0.15) is 9.50 Å². The Morgan fingerprint density at radius 2 is 1.86 bits per heavy atom. The van der Waals surface area contributed by atoms with E-state index in [9.17, 15) is 9.90 Å². The van der Waals surface area contributed by atoms with Crippen LogP contribution in [-0.2, 0) is 0 Å². The molecule has 6 rings (SSSR count). The Bertz CT molecular complexity index is 1470. The van der Waals surface area contributed by atoms with Crippen molar-refractivity contribution in [2.45, 2.75) is 6.04 Å². The van der Waals surface area contributed by atoms with E-state index >= 15 is 0 Å². The molecule has 1 amide bonds. The van der Waals surface area contributed by atoms with Crippen molar-refractivity contribution >= 4 is 38.1 Å². The molecule has 5 aromatic rings. The van der Waals surface area contributed by atoms with E-state index < -0.39 is 0 Å². The fourth-order valence-corrected chi connectivity index (χ4v) is 5.92. The second-order valence-corrected chi connectivity index (χ2v) is 10.1. The molecule has 1 aliphatic rings. The predicted octanol–water partition coefficient (Wildman–Crippen LogP) is 4.66. The number of piperazine rings is 1. The standard InChI is InChI=1S/C24H20BrN5O4S/c25-16-5-1-4-15(14-16)19(28-8-10-29(11-9-28)22(31)18-7-3-13-34-18)20-23(32)30-24(35-20)26-21(27-30)17-6-2-12-33-17/h1-7,12-14,19,32H,8-11H2/t19-/m0/s1. The van der Waals surface area contributed by atoms with Gasteiger partial charge in [0.15, 0.2) is 11.5 Å². The summed E-state index contributed by atoms with van der Waals surface area (Å²) in [5.74, 6) is 1.25. The number of carbonyl (C=O) groups excluding carboxylic acids is 1. The number of aromatic nitrogens is 3. The maximum atomic E-state index is 12.7. The largest absolute Gasteiger partial charge is 0.492 e. The first-order valence-electron chi connectivity index (χ1n) is 11.0. The summed E-state index contributed by atoms with van der Waals surface area (Å²) in [6.45, 7) is 2.37.